The topological polar surface area (TPSA) is 106 Å². The fourth-order valence-corrected chi connectivity index (χ4v) is 2.20. The van der Waals surface area contributed by atoms with E-state index in [0.29, 0.717) is 18.7 Å². The first-order valence-corrected chi connectivity index (χ1v) is 6.25. The zero-order valence-corrected chi connectivity index (χ0v) is 11.7. The van der Waals surface area contributed by atoms with Gasteiger partial charge in [-0.25, -0.2) is 9.48 Å². The van der Waals surface area contributed by atoms with Crippen molar-refractivity contribution in [1.29, 1.82) is 0 Å². The first-order valence-electron chi connectivity index (χ1n) is 6.25. The number of hydrogen-bond acceptors (Lipinski definition) is 5. The Morgan fingerprint density at radius 1 is 1.35 bits per heavy atom. The second kappa shape index (κ2) is 5.41. The molecule has 2 N–H and O–H groups in total. The summed E-state index contributed by atoms with van der Waals surface area (Å²) in [4.78, 5) is 11.3. The SMILES string of the molecule is Cc1nn(C)c(C)c1-c1c(C(=O)O)nnn1CCCO. The molecule has 8 nitrogen and oxygen atoms in total. The smallest absolute Gasteiger partial charge is 0.358 e. The Hall–Kier alpha value is -2.22. The van der Waals surface area contributed by atoms with Gasteiger partial charge < -0.3 is 10.2 Å². The molecule has 0 atom stereocenters. The van der Waals surface area contributed by atoms with Gasteiger partial charge in [-0.1, -0.05) is 5.21 Å². The Morgan fingerprint density at radius 2 is 2.05 bits per heavy atom. The average Bonchev–Trinajstić information content (AvgIpc) is 2.89. The number of rotatable bonds is 5. The molecule has 2 heterocycles. The zero-order chi connectivity index (χ0) is 14.9. The van der Waals surface area contributed by atoms with E-state index in [1.54, 1.807) is 11.7 Å². The summed E-state index contributed by atoms with van der Waals surface area (Å²) in [7, 11) is 1.80. The van der Waals surface area contributed by atoms with Crippen LogP contribution in [0.15, 0.2) is 0 Å². The zero-order valence-electron chi connectivity index (χ0n) is 11.7. The highest BCUT2D eigenvalue weighted by molar-refractivity contribution is 5.93. The molecular weight excluding hydrogens is 262 g/mol. The van der Waals surface area contributed by atoms with Crippen LogP contribution in [0.25, 0.3) is 11.3 Å². The van der Waals surface area contributed by atoms with E-state index in [2.05, 4.69) is 15.4 Å². The van der Waals surface area contributed by atoms with Crippen molar-refractivity contribution in [3.05, 3.63) is 17.1 Å². The van der Waals surface area contributed by atoms with Crippen molar-refractivity contribution in [2.75, 3.05) is 6.61 Å². The van der Waals surface area contributed by atoms with E-state index in [4.69, 9.17) is 5.11 Å². The van der Waals surface area contributed by atoms with E-state index in [0.717, 1.165) is 17.0 Å². The lowest BCUT2D eigenvalue weighted by atomic mass is 10.1. The molecule has 2 rings (SSSR count). The molecule has 108 valence electrons. The van der Waals surface area contributed by atoms with Crippen molar-refractivity contribution in [1.82, 2.24) is 24.8 Å². The number of hydrogen-bond donors (Lipinski definition) is 2. The van der Waals surface area contributed by atoms with Gasteiger partial charge in [0.05, 0.1) is 5.69 Å². The van der Waals surface area contributed by atoms with Gasteiger partial charge in [0.15, 0.2) is 5.69 Å². The molecule has 0 aliphatic rings. The van der Waals surface area contributed by atoms with Crippen molar-refractivity contribution in [3.8, 4) is 11.3 Å². The lowest BCUT2D eigenvalue weighted by molar-refractivity contribution is 0.0691. The van der Waals surface area contributed by atoms with Crippen molar-refractivity contribution >= 4 is 5.97 Å². The Labute approximate surface area is 115 Å². The first-order chi connectivity index (χ1) is 9.47. The van der Waals surface area contributed by atoms with Gasteiger partial charge in [-0.3, -0.25) is 4.68 Å². The highest BCUT2D eigenvalue weighted by Gasteiger charge is 2.25. The van der Waals surface area contributed by atoms with Crippen LogP contribution in [0.4, 0.5) is 0 Å². The largest absolute Gasteiger partial charge is 0.476 e. The van der Waals surface area contributed by atoms with Crippen molar-refractivity contribution in [2.24, 2.45) is 7.05 Å². The average molecular weight is 279 g/mol. The predicted molar refractivity (Wildman–Crippen MR) is 70.4 cm³/mol. The standard InChI is InChI=1S/C12H17N5O3/c1-7-9(8(2)16(3)14-7)11-10(12(19)20)13-15-17(11)5-4-6-18/h18H,4-6H2,1-3H3,(H,19,20). The lowest BCUT2D eigenvalue weighted by Crippen LogP contribution is -2.07. The Bertz CT molecular complexity index is 644. The summed E-state index contributed by atoms with van der Waals surface area (Å²) in [5, 5.41) is 30.1. The predicted octanol–water partition coefficient (Wildman–Crippen LogP) is 0.376. The van der Waals surface area contributed by atoms with Crippen LogP contribution in [0.5, 0.6) is 0 Å². The van der Waals surface area contributed by atoms with Gasteiger partial charge >= 0.3 is 5.97 Å². The molecule has 0 amide bonds. The maximum absolute atomic E-state index is 11.3. The van der Waals surface area contributed by atoms with Crippen LogP contribution in [-0.4, -0.2) is 47.6 Å². The molecule has 0 radical (unpaired) electrons. The summed E-state index contributed by atoms with van der Waals surface area (Å²) >= 11 is 0. The Morgan fingerprint density at radius 3 is 2.55 bits per heavy atom. The number of aliphatic hydroxyl groups is 1. The molecule has 2 aromatic rings. The van der Waals surface area contributed by atoms with E-state index in [-0.39, 0.29) is 12.3 Å². The van der Waals surface area contributed by atoms with Gasteiger partial charge in [0.1, 0.15) is 5.69 Å². The van der Waals surface area contributed by atoms with E-state index in [9.17, 15) is 9.90 Å². The highest BCUT2D eigenvalue weighted by Crippen LogP contribution is 2.28. The molecule has 0 saturated carbocycles. The Balaban J connectivity index is 2.63. The van der Waals surface area contributed by atoms with Gasteiger partial charge in [0.2, 0.25) is 0 Å². The van der Waals surface area contributed by atoms with Crippen LogP contribution < -0.4 is 0 Å². The molecule has 20 heavy (non-hydrogen) atoms. The minimum absolute atomic E-state index is 0.00666. The molecule has 2 aromatic heterocycles. The molecule has 0 aliphatic heterocycles. The third-order valence-corrected chi connectivity index (χ3v) is 3.21. The summed E-state index contributed by atoms with van der Waals surface area (Å²) in [5.74, 6) is -1.13. The van der Waals surface area contributed by atoms with Crippen LogP contribution in [-0.2, 0) is 13.6 Å². The van der Waals surface area contributed by atoms with Gasteiger partial charge in [-0.15, -0.1) is 5.10 Å². The molecule has 0 bridgehead atoms. The van der Waals surface area contributed by atoms with Crippen molar-refractivity contribution < 1.29 is 15.0 Å². The normalized spacial score (nSPS) is 11.0. The quantitative estimate of drug-likeness (QED) is 0.819. The molecule has 0 spiro atoms. The van der Waals surface area contributed by atoms with E-state index < -0.39 is 5.97 Å². The van der Waals surface area contributed by atoms with Crippen molar-refractivity contribution in [3.63, 3.8) is 0 Å². The van der Waals surface area contributed by atoms with Gasteiger partial charge in [0, 0.05) is 31.5 Å². The van der Waals surface area contributed by atoms with Crippen LogP contribution in [0.3, 0.4) is 0 Å². The molecule has 0 unspecified atom stereocenters. The maximum Gasteiger partial charge on any atom is 0.358 e. The van der Waals surface area contributed by atoms with E-state index >= 15 is 0 Å². The number of carbonyl (C=O) groups is 1. The van der Waals surface area contributed by atoms with Crippen LogP contribution in [0.2, 0.25) is 0 Å². The number of aromatic carboxylic acids is 1. The fourth-order valence-electron chi connectivity index (χ4n) is 2.20. The summed E-state index contributed by atoms with van der Waals surface area (Å²) < 4.78 is 3.20. The number of nitrogens with zero attached hydrogens (tertiary/aromatic N) is 5. The summed E-state index contributed by atoms with van der Waals surface area (Å²) in [6, 6.07) is 0. The first kappa shape index (κ1) is 14.2. The molecular formula is C12H17N5O3. The molecule has 0 aromatic carbocycles. The monoisotopic (exact) mass is 279 g/mol. The molecule has 0 saturated heterocycles. The van der Waals surface area contributed by atoms with Crippen LogP contribution in [0.1, 0.15) is 28.3 Å². The van der Waals surface area contributed by atoms with Gasteiger partial charge in [-0.05, 0) is 20.3 Å². The number of aryl methyl sites for hydroxylation is 3. The second-order valence-electron chi connectivity index (χ2n) is 4.56. The fraction of sp³-hybridized carbons (Fsp3) is 0.500. The number of carboxylic acid groups (broad SMARTS) is 1. The summed E-state index contributed by atoms with van der Waals surface area (Å²) in [6.07, 6.45) is 0.480. The van der Waals surface area contributed by atoms with Gasteiger partial charge in [0.25, 0.3) is 0 Å². The van der Waals surface area contributed by atoms with Crippen LogP contribution >= 0.6 is 0 Å². The third-order valence-electron chi connectivity index (χ3n) is 3.21. The maximum atomic E-state index is 11.3. The second-order valence-corrected chi connectivity index (χ2v) is 4.56. The molecule has 0 fully saturated rings. The summed E-state index contributed by atoms with van der Waals surface area (Å²) in [5.41, 5.74) is 2.64. The Kier molecular flexibility index (Phi) is 3.84. The van der Waals surface area contributed by atoms with Gasteiger partial charge in [-0.2, -0.15) is 5.10 Å². The minimum atomic E-state index is -1.13. The lowest BCUT2D eigenvalue weighted by Gasteiger charge is -2.07. The number of aromatic nitrogens is 5. The number of aliphatic hydroxyl groups excluding tert-OH is 1. The summed E-state index contributed by atoms with van der Waals surface area (Å²) in [6.45, 7) is 4.09. The minimum Gasteiger partial charge on any atom is -0.476 e. The third kappa shape index (κ3) is 2.29. The molecule has 0 aliphatic carbocycles. The van der Waals surface area contributed by atoms with E-state index in [1.165, 1.54) is 4.68 Å². The van der Waals surface area contributed by atoms with Crippen molar-refractivity contribution in [2.45, 2.75) is 26.8 Å². The number of carboxylic acids is 1. The highest BCUT2D eigenvalue weighted by atomic mass is 16.4. The van der Waals surface area contributed by atoms with E-state index in [1.807, 2.05) is 13.8 Å². The van der Waals surface area contributed by atoms with Crippen LogP contribution in [0, 0.1) is 13.8 Å². The molecule has 8 heteroatoms.